The zero-order valence-corrected chi connectivity index (χ0v) is 11.4. The lowest BCUT2D eigenvalue weighted by atomic mass is 10.1. The van der Waals surface area contributed by atoms with Gasteiger partial charge >= 0.3 is 5.97 Å². The summed E-state index contributed by atoms with van der Waals surface area (Å²) >= 11 is 5.95. The summed E-state index contributed by atoms with van der Waals surface area (Å²) in [4.78, 5) is 23.3. The van der Waals surface area contributed by atoms with Gasteiger partial charge in [0, 0.05) is 10.6 Å². The number of halogens is 1. The first-order valence-electron chi connectivity index (χ1n) is 5.64. The predicted octanol–water partition coefficient (Wildman–Crippen LogP) is 2.33. The number of esters is 1. The average molecular weight is 270 g/mol. The van der Waals surface area contributed by atoms with Gasteiger partial charge in [-0.25, -0.2) is 4.79 Å². The van der Waals surface area contributed by atoms with Crippen LogP contribution in [0.25, 0.3) is 0 Å². The molecule has 0 saturated heterocycles. The molecule has 0 heterocycles. The van der Waals surface area contributed by atoms with E-state index >= 15 is 0 Å². The molecular weight excluding hydrogens is 254 g/mol. The standard InChI is InChI=1S/C13H16ClNO3/c1-4-11(13(17)18-3)15-12(16)9-6-5-8(2)10(14)7-9/h5-7,11H,4H2,1-3H3,(H,15,16)/t11-/m0/s1. The third kappa shape index (κ3) is 3.47. The molecule has 1 aromatic rings. The maximum atomic E-state index is 11.9. The maximum absolute atomic E-state index is 11.9. The van der Waals surface area contributed by atoms with Gasteiger partial charge in [0.2, 0.25) is 0 Å². The quantitative estimate of drug-likeness (QED) is 0.854. The van der Waals surface area contributed by atoms with Gasteiger partial charge in [-0.1, -0.05) is 24.6 Å². The molecule has 0 fully saturated rings. The average Bonchev–Trinajstić information content (AvgIpc) is 2.37. The number of carbonyl (C=O) groups is 2. The van der Waals surface area contributed by atoms with Gasteiger partial charge in [-0.05, 0) is 31.0 Å². The van der Waals surface area contributed by atoms with E-state index in [1.54, 1.807) is 25.1 Å². The summed E-state index contributed by atoms with van der Waals surface area (Å²) in [5.41, 5.74) is 1.32. The van der Waals surface area contributed by atoms with Crippen LogP contribution in [-0.4, -0.2) is 25.0 Å². The molecule has 0 aliphatic heterocycles. The summed E-state index contributed by atoms with van der Waals surface area (Å²) in [6, 6.07) is 4.37. The van der Waals surface area contributed by atoms with Crippen molar-refractivity contribution in [1.29, 1.82) is 0 Å². The smallest absolute Gasteiger partial charge is 0.328 e. The molecule has 0 bridgehead atoms. The zero-order valence-electron chi connectivity index (χ0n) is 10.6. The van der Waals surface area contributed by atoms with Crippen molar-refractivity contribution in [2.75, 3.05) is 7.11 Å². The Morgan fingerprint density at radius 2 is 2.11 bits per heavy atom. The second kappa shape index (κ2) is 6.40. The minimum Gasteiger partial charge on any atom is -0.467 e. The van der Waals surface area contributed by atoms with Crippen LogP contribution >= 0.6 is 11.6 Å². The van der Waals surface area contributed by atoms with Gasteiger partial charge in [-0.2, -0.15) is 0 Å². The lowest BCUT2D eigenvalue weighted by Gasteiger charge is -2.14. The molecule has 98 valence electrons. The number of nitrogens with one attached hydrogen (secondary N) is 1. The molecule has 0 aliphatic rings. The van der Waals surface area contributed by atoms with Crippen LogP contribution in [0, 0.1) is 6.92 Å². The van der Waals surface area contributed by atoms with Crippen molar-refractivity contribution < 1.29 is 14.3 Å². The Morgan fingerprint density at radius 3 is 2.61 bits per heavy atom. The first-order valence-corrected chi connectivity index (χ1v) is 6.02. The Hall–Kier alpha value is -1.55. The largest absolute Gasteiger partial charge is 0.467 e. The second-order valence-electron chi connectivity index (χ2n) is 3.92. The molecule has 1 atom stereocenters. The topological polar surface area (TPSA) is 55.4 Å². The third-order valence-corrected chi connectivity index (χ3v) is 3.04. The Balaban J connectivity index is 2.81. The number of hydrogen-bond donors (Lipinski definition) is 1. The highest BCUT2D eigenvalue weighted by molar-refractivity contribution is 6.31. The highest BCUT2D eigenvalue weighted by Crippen LogP contribution is 2.16. The van der Waals surface area contributed by atoms with Crippen LogP contribution in [0.5, 0.6) is 0 Å². The molecule has 1 rings (SSSR count). The Labute approximate surface area is 111 Å². The van der Waals surface area contributed by atoms with E-state index in [1.165, 1.54) is 7.11 Å². The summed E-state index contributed by atoms with van der Waals surface area (Å²) in [7, 11) is 1.29. The van der Waals surface area contributed by atoms with E-state index in [-0.39, 0.29) is 5.91 Å². The molecule has 0 aromatic heterocycles. The van der Waals surface area contributed by atoms with Gasteiger partial charge in [0.15, 0.2) is 0 Å². The summed E-state index contributed by atoms with van der Waals surface area (Å²) in [5, 5.41) is 3.13. The van der Waals surface area contributed by atoms with E-state index in [1.807, 2.05) is 6.92 Å². The number of aryl methyl sites for hydroxylation is 1. The minimum atomic E-state index is -0.637. The summed E-state index contributed by atoms with van der Waals surface area (Å²) < 4.78 is 4.60. The van der Waals surface area contributed by atoms with E-state index in [2.05, 4.69) is 10.1 Å². The highest BCUT2D eigenvalue weighted by atomic mass is 35.5. The molecule has 5 heteroatoms. The molecule has 0 spiro atoms. The van der Waals surface area contributed by atoms with Gasteiger partial charge in [0.05, 0.1) is 7.11 Å². The van der Waals surface area contributed by atoms with Crippen LogP contribution in [0.4, 0.5) is 0 Å². The van der Waals surface area contributed by atoms with Gasteiger partial charge < -0.3 is 10.1 Å². The molecular formula is C13H16ClNO3. The zero-order chi connectivity index (χ0) is 13.7. The lowest BCUT2D eigenvalue weighted by Crippen LogP contribution is -2.41. The first kappa shape index (κ1) is 14.5. The van der Waals surface area contributed by atoms with E-state index in [0.29, 0.717) is 17.0 Å². The van der Waals surface area contributed by atoms with E-state index in [4.69, 9.17) is 11.6 Å². The van der Waals surface area contributed by atoms with Gasteiger partial charge in [-0.15, -0.1) is 0 Å². The van der Waals surface area contributed by atoms with Crippen LogP contribution in [0.1, 0.15) is 29.3 Å². The lowest BCUT2D eigenvalue weighted by molar-refractivity contribution is -0.142. The van der Waals surface area contributed by atoms with Crippen LogP contribution in [0.15, 0.2) is 18.2 Å². The third-order valence-electron chi connectivity index (χ3n) is 2.63. The predicted molar refractivity (Wildman–Crippen MR) is 69.8 cm³/mol. The number of methoxy groups -OCH3 is 1. The fourth-order valence-corrected chi connectivity index (χ4v) is 1.63. The molecule has 1 aromatic carbocycles. The van der Waals surface area contributed by atoms with Crippen LogP contribution in [0.3, 0.4) is 0 Å². The molecule has 4 nitrogen and oxygen atoms in total. The number of benzene rings is 1. The first-order chi connectivity index (χ1) is 8.49. The van der Waals surface area contributed by atoms with E-state index < -0.39 is 12.0 Å². The molecule has 0 unspecified atom stereocenters. The number of carbonyl (C=O) groups excluding carboxylic acids is 2. The number of rotatable bonds is 4. The number of amides is 1. The van der Waals surface area contributed by atoms with Gasteiger partial charge in [0.25, 0.3) is 5.91 Å². The van der Waals surface area contributed by atoms with Crippen LogP contribution in [0.2, 0.25) is 5.02 Å². The van der Waals surface area contributed by atoms with Crippen molar-refractivity contribution in [3.8, 4) is 0 Å². The highest BCUT2D eigenvalue weighted by Gasteiger charge is 2.20. The van der Waals surface area contributed by atoms with Crippen molar-refractivity contribution in [2.24, 2.45) is 0 Å². The van der Waals surface area contributed by atoms with Crippen LogP contribution in [-0.2, 0) is 9.53 Å². The van der Waals surface area contributed by atoms with E-state index in [9.17, 15) is 9.59 Å². The Bertz CT molecular complexity index is 460. The summed E-state index contributed by atoms with van der Waals surface area (Å²) in [5.74, 6) is -0.793. The molecule has 0 saturated carbocycles. The fraction of sp³-hybridized carbons (Fsp3) is 0.385. The summed E-state index contributed by atoms with van der Waals surface area (Å²) in [6.45, 7) is 3.65. The molecule has 0 aliphatic carbocycles. The van der Waals surface area contributed by atoms with Gasteiger partial charge in [0.1, 0.15) is 6.04 Å². The Morgan fingerprint density at radius 1 is 1.44 bits per heavy atom. The molecule has 0 radical (unpaired) electrons. The Kier molecular flexibility index (Phi) is 5.16. The van der Waals surface area contributed by atoms with Crippen molar-refractivity contribution in [2.45, 2.75) is 26.3 Å². The monoisotopic (exact) mass is 269 g/mol. The maximum Gasteiger partial charge on any atom is 0.328 e. The van der Waals surface area contributed by atoms with Crippen molar-refractivity contribution in [1.82, 2.24) is 5.32 Å². The number of ether oxygens (including phenoxy) is 1. The van der Waals surface area contributed by atoms with Crippen molar-refractivity contribution in [3.05, 3.63) is 34.3 Å². The van der Waals surface area contributed by atoms with Crippen LogP contribution < -0.4 is 5.32 Å². The SMILES string of the molecule is CC[C@H](NC(=O)c1ccc(C)c(Cl)c1)C(=O)OC. The molecule has 1 N–H and O–H groups in total. The number of hydrogen-bond acceptors (Lipinski definition) is 3. The van der Waals surface area contributed by atoms with Crippen molar-refractivity contribution in [3.63, 3.8) is 0 Å². The normalized spacial score (nSPS) is 11.8. The second-order valence-corrected chi connectivity index (χ2v) is 4.33. The van der Waals surface area contributed by atoms with E-state index in [0.717, 1.165) is 5.56 Å². The van der Waals surface area contributed by atoms with Gasteiger partial charge in [-0.3, -0.25) is 4.79 Å². The fourth-order valence-electron chi connectivity index (χ4n) is 1.45. The molecule has 18 heavy (non-hydrogen) atoms. The van der Waals surface area contributed by atoms with Crippen molar-refractivity contribution >= 4 is 23.5 Å². The minimum absolute atomic E-state index is 0.339. The molecule has 1 amide bonds. The summed E-state index contributed by atoms with van der Waals surface area (Å²) in [6.07, 6.45) is 0.470.